The molecule has 1 aromatic heterocycles. The lowest BCUT2D eigenvalue weighted by atomic mass is 9.98. The number of rotatable bonds is 8. The van der Waals surface area contributed by atoms with E-state index in [1.54, 1.807) is 18.2 Å². The zero-order valence-corrected chi connectivity index (χ0v) is 19.5. The molecule has 3 aromatic rings. The van der Waals surface area contributed by atoms with Crippen LogP contribution < -0.4 is 14.9 Å². The predicted molar refractivity (Wildman–Crippen MR) is 128 cm³/mol. The molecule has 0 saturated carbocycles. The normalized spacial score (nSPS) is 14.2. The van der Waals surface area contributed by atoms with E-state index in [1.165, 1.54) is 6.07 Å². The summed E-state index contributed by atoms with van der Waals surface area (Å²) < 4.78 is 37.8. The van der Waals surface area contributed by atoms with E-state index in [-0.39, 0.29) is 22.9 Å². The van der Waals surface area contributed by atoms with Crippen LogP contribution in [-0.2, 0) is 17.3 Å². The highest BCUT2D eigenvalue weighted by atomic mass is 35.5. The molecule has 0 atom stereocenters. The van der Waals surface area contributed by atoms with E-state index >= 15 is 0 Å². The highest BCUT2D eigenvalue weighted by Gasteiger charge is 2.18. The number of piperazine rings is 1. The molecule has 2 heterocycles. The van der Waals surface area contributed by atoms with E-state index in [1.807, 2.05) is 12.3 Å². The number of nitrogens with zero attached hydrogens (tertiary/aromatic N) is 2. The van der Waals surface area contributed by atoms with Crippen molar-refractivity contribution in [2.45, 2.75) is 12.8 Å². The molecule has 0 aliphatic carbocycles. The molecule has 4 rings (SSSR count). The lowest BCUT2D eigenvalue weighted by Crippen LogP contribution is -2.43. The first-order valence-electron chi connectivity index (χ1n) is 10.7. The van der Waals surface area contributed by atoms with Gasteiger partial charge in [-0.25, -0.2) is 17.5 Å². The maximum absolute atomic E-state index is 14.3. The number of hydrogen-bond acceptors (Lipinski definition) is 6. The molecule has 33 heavy (non-hydrogen) atoms. The van der Waals surface area contributed by atoms with E-state index < -0.39 is 16.7 Å². The average molecular weight is 491 g/mol. The fourth-order valence-corrected chi connectivity index (χ4v) is 4.58. The third-order valence-electron chi connectivity index (χ3n) is 5.63. The first-order chi connectivity index (χ1) is 15.9. The van der Waals surface area contributed by atoms with E-state index in [4.69, 9.17) is 11.6 Å². The summed E-state index contributed by atoms with van der Waals surface area (Å²) in [5.41, 5.74) is 2.70. The Morgan fingerprint density at radius 3 is 2.73 bits per heavy atom. The molecular formula is C23H24ClFN4O3S. The van der Waals surface area contributed by atoms with Crippen LogP contribution >= 0.6 is 11.6 Å². The topological polar surface area (TPSA) is 91.4 Å². The second-order valence-corrected chi connectivity index (χ2v) is 9.07. The van der Waals surface area contributed by atoms with Crippen LogP contribution in [0.2, 0.25) is 5.02 Å². The standard InChI is InChI=1S/C23H24ClFN4O3S/c24-22-15(2-1-5-28-33(31)32)11-18(25)13-20(22)23(30)16-3-4-21-17(10-16)12-19(14-27-21)29-8-6-26-7-9-29/h3-4,10-14,26,33H,1-2,5-9H2,(H,28,31,32). The van der Waals surface area contributed by atoms with Crippen LogP contribution in [0.15, 0.2) is 42.6 Å². The Labute approximate surface area is 198 Å². The summed E-state index contributed by atoms with van der Waals surface area (Å²) >= 11 is 6.46. The summed E-state index contributed by atoms with van der Waals surface area (Å²) in [6.07, 6.45) is 2.60. The number of anilines is 1. The summed E-state index contributed by atoms with van der Waals surface area (Å²) in [6.45, 7) is 3.79. The predicted octanol–water partition coefficient (Wildman–Crippen LogP) is 2.72. The Bertz CT molecular complexity index is 1250. The van der Waals surface area contributed by atoms with Crippen LogP contribution in [-0.4, -0.2) is 51.9 Å². The number of hydrogen-bond donors (Lipinski definition) is 3. The quantitative estimate of drug-likeness (QED) is 0.255. The number of aromatic nitrogens is 1. The molecule has 0 spiro atoms. The van der Waals surface area contributed by atoms with Crippen molar-refractivity contribution >= 4 is 44.9 Å². The number of halogens is 2. The summed E-state index contributed by atoms with van der Waals surface area (Å²) in [5, 5.41) is 4.32. The first kappa shape index (κ1) is 23.6. The highest BCUT2D eigenvalue weighted by molar-refractivity contribution is 7.70. The van der Waals surface area contributed by atoms with Crippen LogP contribution in [0.4, 0.5) is 10.1 Å². The van der Waals surface area contributed by atoms with Gasteiger partial charge in [-0.15, -0.1) is 0 Å². The molecule has 7 nitrogen and oxygen atoms in total. The average Bonchev–Trinajstić information content (AvgIpc) is 2.83. The molecule has 0 radical (unpaired) electrons. The Hall–Kier alpha value is -2.59. The Morgan fingerprint density at radius 2 is 1.97 bits per heavy atom. The Balaban J connectivity index is 1.60. The van der Waals surface area contributed by atoms with Gasteiger partial charge in [-0.05, 0) is 54.8 Å². The molecule has 10 heteroatoms. The number of ketones is 1. The molecule has 2 aromatic carbocycles. The van der Waals surface area contributed by atoms with Gasteiger partial charge in [0.1, 0.15) is 5.82 Å². The Morgan fingerprint density at radius 1 is 1.18 bits per heavy atom. The molecular weight excluding hydrogens is 467 g/mol. The van der Waals surface area contributed by atoms with Gasteiger partial charge in [0.25, 0.3) is 0 Å². The van der Waals surface area contributed by atoms with Crippen LogP contribution in [0.1, 0.15) is 27.9 Å². The lowest BCUT2D eigenvalue weighted by molar-refractivity contribution is 0.103. The van der Waals surface area contributed by atoms with Gasteiger partial charge in [0.2, 0.25) is 10.9 Å². The number of carbonyl (C=O) groups is 1. The first-order valence-corrected chi connectivity index (χ1v) is 12.2. The van der Waals surface area contributed by atoms with Crippen LogP contribution in [0.5, 0.6) is 0 Å². The zero-order chi connectivity index (χ0) is 23.4. The maximum atomic E-state index is 14.3. The van der Waals surface area contributed by atoms with Gasteiger partial charge in [-0.1, -0.05) is 11.6 Å². The molecule has 1 saturated heterocycles. The SMILES string of the molecule is O=C(c1ccc2ncc(N3CCNCC3)cc2c1)c1cc(F)cc(CCCN[SH](=O)=O)c1Cl. The molecule has 174 valence electrons. The number of fused-ring (bicyclic) bond motifs is 1. The molecule has 0 unspecified atom stereocenters. The second kappa shape index (κ2) is 10.6. The van der Waals surface area contributed by atoms with Crippen LogP contribution in [0.25, 0.3) is 10.9 Å². The van der Waals surface area contributed by atoms with Crippen molar-refractivity contribution in [3.63, 3.8) is 0 Å². The van der Waals surface area contributed by atoms with Gasteiger partial charge in [0.05, 0.1) is 22.4 Å². The largest absolute Gasteiger partial charge is 0.368 e. The van der Waals surface area contributed by atoms with Gasteiger partial charge in [-0.2, -0.15) is 0 Å². The number of pyridine rings is 1. The minimum atomic E-state index is -2.69. The van der Waals surface area contributed by atoms with Gasteiger partial charge >= 0.3 is 0 Å². The molecule has 2 N–H and O–H groups in total. The van der Waals surface area contributed by atoms with Gasteiger partial charge < -0.3 is 10.2 Å². The number of benzene rings is 2. The van der Waals surface area contributed by atoms with Crippen molar-refractivity contribution in [2.24, 2.45) is 0 Å². The summed E-state index contributed by atoms with van der Waals surface area (Å²) in [6, 6.07) is 9.62. The molecule has 0 amide bonds. The third-order valence-corrected chi connectivity index (χ3v) is 6.56. The molecule has 0 bridgehead atoms. The number of thiol groups is 1. The van der Waals surface area contributed by atoms with Crippen molar-refractivity contribution in [3.05, 3.63) is 70.1 Å². The van der Waals surface area contributed by atoms with Crippen molar-refractivity contribution in [3.8, 4) is 0 Å². The summed E-state index contributed by atoms with van der Waals surface area (Å²) in [7, 11) is -2.69. The van der Waals surface area contributed by atoms with Gasteiger partial charge in [0, 0.05) is 49.2 Å². The highest BCUT2D eigenvalue weighted by Crippen LogP contribution is 2.28. The van der Waals surface area contributed by atoms with E-state index in [9.17, 15) is 17.6 Å². The molecule has 1 aliphatic rings. The minimum Gasteiger partial charge on any atom is -0.368 e. The minimum absolute atomic E-state index is 0.0834. The fourth-order valence-electron chi connectivity index (χ4n) is 3.95. The number of nitrogens with one attached hydrogen (secondary N) is 2. The van der Waals surface area contributed by atoms with Crippen LogP contribution in [0, 0.1) is 5.82 Å². The lowest BCUT2D eigenvalue weighted by Gasteiger charge is -2.29. The summed E-state index contributed by atoms with van der Waals surface area (Å²) in [5.74, 6) is -0.944. The van der Waals surface area contributed by atoms with E-state index in [0.29, 0.717) is 24.0 Å². The molecule has 1 aliphatic heterocycles. The molecule has 1 fully saturated rings. The van der Waals surface area contributed by atoms with Crippen LogP contribution in [0.3, 0.4) is 0 Å². The van der Waals surface area contributed by atoms with E-state index in [0.717, 1.165) is 48.8 Å². The monoisotopic (exact) mass is 490 g/mol. The van der Waals surface area contributed by atoms with Crippen molar-refractivity contribution in [2.75, 3.05) is 37.6 Å². The number of carbonyl (C=O) groups excluding carboxylic acids is 1. The van der Waals surface area contributed by atoms with Gasteiger partial charge in [-0.3, -0.25) is 9.78 Å². The van der Waals surface area contributed by atoms with Crippen molar-refractivity contribution in [1.29, 1.82) is 0 Å². The number of aryl methyl sites for hydroxylation is 1. The second-order valence-electron chi connectivity index (χ2n) is 7.86. The van der Waals surface area contributed by atoms with Crippen molar-refractivity contribution in [1.82, 2.24) is 15.0 Å². The summed E-state index contributed by atoms with van der Waals surface area (Å²) in [4.78, 5) is 20.0. The Kier molecular flexibility index (Phi) is 7.54. The van der Waals surface area contributed by atoms with E-state index in [2.05, 4.69) is 19.9 Å². The third kappa shape index (κ3) is 5.67. The van der Waals surface area contributed by atoms with Gasteiger partial charge in [0.15, 0.2) is 5.78 Å². The zero-order valence-electron chi connectivity index (χ0n) is 17.8. The smallest absolute Gasteiger partial charge is 0.201 e. The fraction of sp³-hybridized carbons (Fsp3) is 0.304. The maximum Gasteiger partial charge on any atom is 0.201 e. The van der Waals surface area contributed by atoms with Crippen molar-refractivity contribution < 1.29 is 17.6 Å².